The van der Waals surface area contributed by atoms with Gasteiger partial charge in [0.05, 0.1) is 13.7 Å². The number of benzene rings is 1. The van der Waals surface area contributed by atoms with Crippen molar-refractivity contribution >= 4 is 0 Å². The maximum absolute atomic E-state index is 9.12. The third-order valence-corrected chi connectivity index (χ3v) is 2.94. The van der Waals surface area contributed by atoms with Crippen molar-refractivity contribution in [2.45, 2.75) is 25.7 Å². The van der Waals surface area contributed by atoms with Crippen molar-refractivity contribution < 1.29 is 9.84 Å². The van der Waals surface area contributed by atoms with Crippen LogP contribution in [0.15, 0.2) is 18.2 Å². The zero-order chi connectivity index (χ0) is 10.8. The summed E-state index contributed by atoms with van der Waals surface area (Å²) < 4.78 is 5.27. The molecule has 1 aromatic rings. The molecule has 0 aliphatic heterocycles. The van der Waals surface area contributed by atoms with Crippen LogP contribution in [0.2, 0.25) is 0 Å². The lowest BCUT2D eigenvalue weighted by Crippen LogP contribution is -2.01. The molecule has 2 heteroatoms. The van der Waals surface area contributed by atoms with Gasteiger partial charge in [-0.25, -0.2) is 0 Å². The second-order valence-corrected chi connectivity index (χ2v) is 4.21. The van der Waals surface area contributed by atoms with E-state index < -0.39 is 0 Å². The fourth-order valence-corrected chi connectivity index (χ4v) is 1.73. The molecule has 2 nitrogen and oxygen atoms in total. The van der Waals surface area contributed by atoms with Gasteiger partial charge < -0.3 is 9.84 Å². The van der Waals surface area contributed by atoms with E-state index in [0.29, 0.717) is 5.92 Å². The Morgan fingerprint density at radius 1 is 1.40 bits per heavy atom. The summed E-state index contributed by atoms with van der Waals surface area (Å²) in [4.78, 5) is 0. The summed E-state index contributed by atoms with van der Waals surface area (Å²) in [6, 6.07) is 6.26. The van der Waals surface area contributed by atoms with Crippen LogP contribution in [0, 0.1) is 5.92 Å². The highest BCUT2D eigenvalue weighted by Gasteiger charge is 2.24. The van der Waals surface area contributed by atoms with Gasteiger partial charge in [0.15, 0.2) is 0 Å². The average Bonchev–Trinajstić information content (AvgIpc) is 3.11. The van der Waals surface area contributed by atoms with Crippen LogP contribution in [0.5, 0.6) is 5.75 Å². The molecule has 1 N–H and O–H groups in total. The molecule has 1 aliphatic rings. The van der Waals surface area contributed by atoms with Crippen LogP contribution in [-0.4, -0.2) is 18.8 Å². The molecule has 0 amide bonds. The Bertz CT molecular complexity index is 342. The summed E-state index contributed by atoms with van der Waals surface area (Å²) in [6.45, 7) is 2.06. The molecule has 0 spiro atoms. The summed E-state index contributed by atoms with van der Waals surface area (Å²) in [6.07, 6.45) is 2.57. The number of methoxy groups -OCH3 is 1. The van der Waals surface area contributed by atoms with Gasteiger partial charge in [0.1, 0.15) is 5.75 Å². The van der Waals surface area contributed by atoms with E-state index in [1.54, 1.807) is 7.11 Å². The maximum atomic E-state index is 9.12. The van der Waals surface area contributed by atoms with E-state index in [1.165, 1.54) is 18.4 Å². The van der Waals surface area contributed by atoms with Crippen molar-refractivity contribution in [3.8, 4) is 5.75 Å². The van der Waals surface area contributed by atoms with Crippen LogP contribution in [-0.2, 0) is 0 Å². The predicted molar refractivity (Wildman–Crippen MR) is 60.1 cm³/mol. The van der Waals surface area contributed by atoms with Crippen LogP contribution < -0.4 is 4.74 Å². The maximum Gasteiger partial charge on any atom is 0.119 e. The molecule has 2 rings (SSSR count). The fourth-order valence-electron chi connectivity index (χ4n) is 1.73. The van der Waals surface area contributed by atoms with E-state index in [-0.39, 0.29) is 6.61 Å². The first-order chi connectivity index (χ1) is 7.24. The van der Waals surface area contributed by atoms with Gasteiger partial charge in [-0.15, -0.1) is 0 Å². The smallest absolute Gasteiger partial charge is 0.119 e. The van der Waals surface area contributed by atoms with Crippen molar-refractivity contribution in [2.75, 3.05) is 13.7 Å². The van der Waals surface area contributed by atoms with Gasteiger partial charge in [-0.3, -0.25) is 0 Å². The third-order valence-electron chi connectivity index (χ3n) is 2.94. The first-order valence-electron chi connectivity index (χ1n) is 5.37. The number of rotatable bonds is 4. The Balaban J connectivity index is 2.32. The molecule has 15 heavy (non-hydrogen) atoms. The van der Waals surface area contributed by atoms with E-state index in [9.17, 15) is 0 Å². The van der Waals surface area contributed by atoms with Gasteiger partial charge in [-0.05, 0) is 42.0 Å². The highest BCUT2D eigenvalue weighted by molar-refractivity contribution is 5.43. The average molecular weight is 205 g/mol. The summed E-state index contributed by atoms with van der Waals surface area (Å²) >= 11 is 0. The standard InChI is InChI=1S/C13H17O2/c1-9(8-14)11-5-12(10-3-4-10)7-13(6-11)15-2/h5-7,10,14H,3-4,8H2,1-2H3. The first-order valence-corrected chi connectivity index (χ1v) is 5.37. The SMILES string of the molecule is COc1cc([C](C)CO)cc(C2CC2)c1. The molecule has 1 aliphatic carbocycles. The number of aliphatic hydroxyl groups is 1. The topological polar surface area (TPSA) is 29.5 Å². The summed E-state index contributed by atoms with van der Waals surface area (Å²) in [7, 11) is 1.68. The van der Waals surface area contributed by atoms with Crippen molar-refractivity contribution in [1.29, 1.82) is 0 Å². The molecular formula is C13H17O2. The normalized spacial score (nSPS) is 15.7. The molecule has 81 valence electrons. The highest BCUT2D eigenvalue weighted by Crippen LogP contribution is 2.42. The lowest BCUT2D eigenvalue weighted by atomic mass is 9.98. The van der Waals surface area contributed by atoms with Gasteiger partial charge in [0.2, 0.25) is 0 Å². The highest BCUT2D eigenvalue weighted by atomic mass is 16.5. The van der Waals surface area contributed by atoms with E-state index >= 15 is 0 Å². The van der Waals surface area contributed by atoms with E-state index in [0.717, 1.165) is 17.2 Å². The minimum atomic E-state index is 0.108. The summed E-state index contributed by atoms with van der Waals surface area (Å²) in [5.74, 6) is 2.60. The van der Waals surface area contributed by atoms with Crippen LogP contribution in [0.1, 0.15) is 36.8 Å². The number of hydrogen-bond acceptors (Lipinski definition) is 2. The fraction of sp³-hybridized carbons (Fsp3) is 0.462. The predicted octanol–water partition coefficient (Wildman–Crippen LogP) is 2.51. The van der Waals surface area contributed by atoms with Gasteiger partial charge in [-0.2, -0.15) is 0 Å². The molecule has 0 heterocycles. The van der Waals surface area contributed by atoms with Gasteiger partial charge in [0, 0.05) is 5.92 Å². The van der Waals surface area contributed by atoms with Gasteiger partial charge in [0.25, 0.3) is 0 Å². The second kappa shape index (κ2) is 4.23. The summed E-state index contributed by atoms with van der Waals surface area (Å²) in [5.41, 5.74) is 2.44. The zero-order valence-electron chi connectivity index (χ0n) is 9.29. The Labute approximate surface area is 90.9 Å². The van der Waals surface area contributed by atoms with Crippen molar-refractivity contribution in [1.82, 2.24) is 0 Å². The van der Waals surface area contributed by atoms with Crippen molar-refractivity contribution in [3.63, 3.8) is 0 Å². The number of aliphatic hydroxyl groups excluding tert-OH is 1. The van der Waals surface area contributed by atoms with Crippen LogP contribution >= 0.6 is 0 Å². The second-order valence-electron chi connectivity index (χ2n) is 4.21. The van der Waals surface area contributed by atoms with Crippen molar-refractivity contribution in [2.24, 2.45) is 0 Å². The van der Waals surface area contributed by atoms with Crippen LogP contribution in [0.3, 0.4) is 0 Å². The molecule has 0 aromatic heterocycles. The Hall–Kier alpha value is -1.02. The number of hydrogen-bond donors (Lipinski definition) is 1. The Morgan fingerprint density at radius 2 is 2.13 bits per heavy atom. The quantitative estimate of drug-likeness (QED) is 0.818. The largest absolute Gasteiger partial charge is 0.497 e. The lowest BCUT2D eigenvalue weighted by molar-refractivity contribution is 0.314. The van der Waals surface area contributed by atoms with E-state index in [4.69, 9.17) is 9.84 Å². The minimum Gasteiger partial charge on any atom is -0.497 e. The summed E-state index contributed by atoms with van der Waals surface area (Å²) in [5, 5.41) is 9.12. The van der Waals surface area contributed by atoms with E-state index in [1.807, 2.05) is 13.0 Å². The Kier molecular flexibility index (Phi) is 2.96. The molecule has 1 radical (unpaired) electrons. The minimum absolute atomic E-state index is 0.108. The monoisotopic (exact) mass is 205 g/mol. The van der Waals surface area contributed by atoms with Gasteiger partial charge >= 0.3 is 0 Å². The molecular weight excluding hydrogens is 188 g/mol. The molecule has 0 saturated heterocycles. The molecule has 1 fully saturated rings. The van der Waals surface area contributed by atoms with Crippen molar-refractivity contribution in [3.05, 3.63) is 35.2 Å². The van der Waals surface area contributed by atoms with Crippen LogP contribution in [0.4, 0.5) is 0 Å². The molecule has 0 unspecified atom stereocenters. The molecule has 0 bridgehead atoms. The zero-order valence-corrected chi connectivity index (χ0v) is 9.29. The molecule has 0 atom stereocenters. The Morgan fingerprint density at radius 3 is 2.67 bits per heavy atom. The number of ether oxygens (including phenoxy) is 1. The van der Waals surface area contributed by atoms with E-state index in [2.05, 4.69) is 12.1 Å². The van der Waals surface area contributed by atoms with Gasteiger partial charge in [-0.1, -0.05) is 13.0 Å². The molecule has 1 saturated carbocycles. The first kappa shape index (κ1) is 10.5. The molecule has 1 aromatic carbocycles. The van der Waals surface area contributed by atoms with Crippen LogP contribution in [0.25, 0.3) is 0 Å². The lowest BCUT2D eigenvalue weighted by Gasteiger charge is -2.12. The third kappa shape index (κ3) is 2.32.